The Balaban J connectivity index is 2.18. The van der Waals surface area contributed by atoms with Crippen molar-refractivity contribution in [2.45, 2.75) is 39.8 Å². The van der Waals surface area contributed by atoms with Crippen molar-refractivity contribution in [3.63, 3.8) is 0 Å². The second kappa shape index (κ2) is 6.72. The molecule has 1 heterocycles. The highest BCUT2D eigenvalue weighted by Gasteiger charge is 2.17. The van der Waals surface area contributed by atoms with E-state index < -0.39 is 6.10 Å². The summed E-state index contributed by atoms with van der Waals surface area (Å²) >= 11 is 0. The van der Waals surface area contributed by atoms with E-state index in [0.29, 0.717) is 18.1 Å². The zero-order valence-electron chi connectivity index (χ0n) is 13.1. The van der Waals surface area contributed by atoms with Gasteiger partial charge < -0.3 is 9.84 Å². The number of aliphatic hydroxyl groups is 1. The van der Waals surface area contributed by atoms with Gasteiger partial charge in [-0.2, -0.15) is 5.10 Å². The summed E-state index contributed by atoms with van der Waals surface area (Å²) in [6, 6.07) is 5.80. The van der Waals surface area contributed by atoms with Crippen molar-refractivity contribution in [2.24, 2.45) is 5.92 Å². The molecule has 1 aromatic heterocycles. The minimum absolute atomic E-state index is 0.423. The molecule has 0 amide bonds. The first-order valence-electron chi connectivity index (χ1n) is 7.20. The van der Waals surface area contributed by atoms with Gasteiger partial charge in [-0.25, -0.2) is 9.67 Å². The number of hydrogen-bond acceptors (Lipinski definition) is 4. The minimum atomic E-state index is -0.657. The van der Waals surface area contributed by atoms with Gasteiger partial charge in [0.05, 0.1) is 13.2 Å². The van der Waals surface area contributed by atoms with Crippen molar-refractivity contribution in [2.75, 3.05) is 7.11 Å². The molecule has 1 aromatic carbocycles. The molecule has 1 unspecified atom stereocenters. The summed E-state index contributed by atoms with van der Waals surface area (Å²) in [6.45, 7) is 7.06. The van der Waals surface area contributed by atoms with E-state index in [4.69, 9.17) is 4.74 Å². The van der Waals surface area contributed by atoms with E-state index in [1.165, 1.54) is 6.33 Å². The Morgan fingerprint density at radius 1 is 1.33 bits per heavy atom. The van der Waals surface area contributed by atoms with Gasteiger partial charge in [0.25, 0.3) is 0 Å². The Bertz CT molecular complexity index is 593. The molecule has 0 fully saturated rings. The molecule has 0 saturated heterocycles. The van der Waals surface area contributed by atoms with Gasteiger partial charge in [0.15, 0.2) is 0 Å². The lowest BCUT2D eigenvalue weighted by Crippen LogP contribution is -2.13. The van der Waals surface area contributed by atoms with Crippen molar-refractivity contribution in [3.05, 3.63) is 41.5 Å². The van der Waals surface area contributed by atoms with E-state index in [2.05, 4.69) is 23.9 Å². The number of aliphatic hydroxyl groups excluding tert-OH is 1. The van der Waals surface area contributed by atoms with Gasteiger partial charge in [0.2, 0.25) is 0 Å². The van der Waals surface area contributed by atoms with E-state index in [9.17, 15) is 5.11 Å². The number of aromatic nitrogens is 3. The normalized spacial score (nSPS) is 12.7. The molecule has 0 spiro atoms. The Morgan fingerprint density at radius 3 is 2.76 bits per heavy atom. The average molecular weight is 289 g/mol. The van der Waals surface area contributed by atoms with Gasteiger partial charge in [-0.3, -0.25) is 0 Å². The van der Waals surface area contributed by atoms with Crippen LogP contribution in [0.3, 0.4) is 0 Å². The zero-order valence-corrected chi connectivity index (χ0v) is 13.1. The monoisotopic (exact) mass is 289 g/mol. The maximum atomic E-state index is 10.5. The van der Waals surface area contributed by atoms with Gasteiger partial charge in [0.1, 0.15) is 17.9 Å². The minimum Gasteiger partial charge on any atom is -0.496 e. The number of benzene rings is 1. The van der Waals surface area contributed by atoms with E-state index in [0.717, 1.165) is 23.5 Å². The van der Waals surface area contributed by atoms with Crippen molar-refractivity contribution in [1.82, 2.24) is 14.8 Å². The van der Waals surface area contributed by atoms with Crippen molar-refractivity contribution >= 4 is 0 Å². The summed E-state index contributed by atoms with van der Waals surface area (Å²) in [5.41, 5.74) is 1.88. The molecule has 0 aliphatic rings. The number of ether oxygens (including phenoxy) is 1. The summed E-state index contributed by atoms with van der Waals surface area (Å²) in [7, 11) is 1.62. The molecule has 1 N–H and O–H groups in total. The predicted octanol–water partition coefficient (Wildman–Crippen LogP) is 2.53. The largest absolute Gasteiger partial charge is 0.496 e. The highest BCUT2D eigenvalue weighted by molar-refractivity contribution is 5.38. The molecule has 0 saturated carbocycles. The fourth-order valence-electron chi connectivity index (χ4n) is 2.32. The summed E-state index contributed by atoms with van der Waals surface area (Å²) < 4.78 is 7.21. The molecule has 2 rings (SSSR count). The van der Waals surface area contributed by atoms with Crippen LogP contribution in [0, 0.1) is 12.8 Å². The molecule has 0 aliphatic carbocycles. The first kappa shape index (κ1) is 15.5. The Morgan fingerprint density at radius 2 is 2.10 bits per heavy atom. The molecule has 0 radical (unpaired) electrons. The Hall–Kier alpha value is -1.88. The van der Waals surface area contributed by atoms with Crippen LogP contribution in [-0.4, -0.2) is 27.0 Å². The van der Waals surface area contributed by atoms with Gasteiger partial charge in [-0.1, -0.05) is 26.0 Å². The van der Waals surface area contributed by atoms with Crippen LogP contribution >= 0.6 is 0 Å². The number of rotatable bonds is 6. The van der Waals surface area contributed by atoms with E-state index in [-0.39, 0.29) is 0 Å². The van der Waals surface area contributed by atoms with Crippen molar-refractivity contribution < 1.29 is 9.84 Å². The topological polar surface area (TPSA) is 60.2 Å². The Labute approximate surface area is 125 Å². The smallest absolute Gasteiger partial charge is 0.138 e. The van der Waals surface area contributed by atoms with Gasteiger partial charge >= 0.3 is 0 Å². The fraction of sp³-hybridized carbons (Fsp3) is 0.500. The van der Waals surface area contributed by atoms with E-state index in [1.54, 1.807) is 7.11 Å². The number of aryl methyl sites for hydroxylation is 1. The number of methoxy groups -OCH3 is 1. The fourth-order valence-corrected chi connectivity index (χ4v) is 2.32. The van der Waals surface area contributed by atoms with Crippen molar-refractivity contribution in [3.8, 4) is 5.75 Å². The first-order chi connectivity index (χ1) is 10.0. The first-order valence-corrected chi connectivity index (χ1v) is 7.20. The van der Waals surface area contributed by atoms with Crippen LogP contribution in [0.15, 0.2) is 24.5 Å². The third kappa shape index (κ3) is 3.82. The van der Waals surface area contributed by atoms with Crippen molar-refractivity contribution in [1.29, 1.82) is 0 Å². The van der Waals surface area contributed by atoms with E-state index >= 15 is 0 Å². The van der Waals surface area contributed by atoms with Crippen LogP contribution in [0.25, 0.3) is 0 Å². The maximum absolute atomic E-state index is 10.5. The van der Waals surface area contributed by atoms with Gasteiger partial charge in [0, 0.05) is 18.5 Å². The maximum Gasteiger partial charge on any atom is 0.138 e. The number of hydrogen-bond donors (Lipinski definition) is 1. The molecule has 5 nitrogen and oxygen atoms in total. The number of nitrogens with zero attached hydrogens (tertiary/aromatic N) is 3. The standard InChI is InChI=1S/C16H23N3O2/c1-11(2)9-19-16(17-10-18-19)8-14(20)13-6-5-12(3)7-15(13)21-4/h5-7,10-11,14,20H,8-9H2,1-4H3. The van der Waals surface area contributed by atoms with Gasteiger partial charge in [-0.05, 0) is 24.5 Å². The predicted molar refractivity (Wildman–Crippen MR) is 81.3 cm³/mol. The summed E-state index contributed by atoms with van der Waals surface area (Å²) in [5, 5.41) is 14.7. The summed E-state index contributed by atoms with van der Waals surface area (Å²) in [5.74, 6) is 1.98. The highest BCUT2D eigenvalue weighted by Crippen LogP contribution is 2.28. The third-order valence-electron chi connectivity index (χ3n) is 3.36. The molecular weight excluding hydrogens is 266 g/mol. The molecule has 1 atom stereocenters. The highest BCUT2D eigenvalue weighted by atomic mass is 16.5. The van der Waals surface area contributed by atoms with Crippen LogP contribution in [-0.2, 0) is 13.0 Å². The second-order valence-corrected chi connectivity index (χ2v) is 5.72. The molecule has 114 valence electrons. The lowest BCUT2D eigenvalue weighted by atomic mass is 10.0. The third-order valence-corrected chi connectivity index (χ3v) is 3.36. The molecular formula is C16H23N3O2. The van der Waals surface area contributed by atoms with Crippen LogP contribution in [0.4, 0.5) is 0 Å². The van der Waals surface area contributed by atoms with Crippen LogP contribution in [0.5, 0.6) is 5.75 Å². The molecule has 5 heteroatoms. The lowest BCUT2D eigenvalue weighted by molar-refractivity contribution is 0.169. The van der Waals surface area contributed by atoms with Crippen LogP contribution < -0.4 is 4.74 Å². The average Bonchev–Trinajstić information content (AvgIpc) is 2.84. The SMILES string of the molecule is COc1cc(C)ccc1C(O)Cc1ncnn1CC(C)C. The molecule has 0 bridgehead atoms. The molecule has 2 aromatic rings. The van der Waals surface area contributed by atoms with Crippen LogP contribution in [0.2, 0.25) is 0 Å². The van der Waals surface area contributed by atoms with Gasteiger partial charge in [-0.15, -0.1) is 0 Å². The zero-order chi connectivity index (χ0) is 15.4. The van der Waals surface area contributed by atoms with Crippen LogP contribution in [0.1, 0.15) is 36.9 Å². The quantitative estimate of drug-likeness (QED) is 0.887. The molecule has 0 aliphatic heterocycles. The second-order valence-electron chi connectivity index (χ2n) is 5.72. The van der Waals surface area contributed by atoms with E-state index in [1.807, 2.05) is 29.8 Å². The molecule has 21 heavy (non-hydrogen) atoms. The Kier molecular flexibility index (Phi) is 4.96. The summed E-state index contributed by atoms with van der Waals surface area (Å²) in [6.07, 6.45) is 1.30. The summed E-state index contributed by atoms with van der Waals surface area (Å²) in [4.78, 5) is 4.26. The lowest BCUT2D eigenvalue weighted by Gasteiger charge is -2.16.